The Bertz CT molecular complexity index is 756. The number of methoxy groups -OCH3 is 2. The van der Waals surface area contributed by atoms with E-state index in [0.717, 1.165) is 24.5 Å². The number of hydrogen-bond donors (Lipinski definition) is 0. The van der Waals surface area contributed by atoms with Gasteiger partial charge in [-0.05, 0) is 11.6 Å². The molecule has 8 heteroatoms. The molecular formula is C16H16N2O6. The molecule has 0 atom stereocenters. The van der Waals surface area contributed by atoms with Crippen LogP contribution in [0.25, 0.3) is 0 Å². The molecule has 0 saturated heterocycles. The molecule has 0 aliphatic rings. The smallest absolute Gasteiger partial charge is 0.380 e. The van der Waals surface area contributed by atoms with Crippen molar-refractivity contribution < 1.29 is 23.9 Å². The van der Waals surface area contributed by atoms with E-state index < -0.39 is 23.5 Å². The summed E-state index contributed by atoms with van der Waals surface area (Å²) < 4.78 is 10.0. The highest BCUT2D eigenvalue weighted by Crippen LogP contribution is 2.15. The zero-order chi connectivity index (χ0) is 17.5. The fourth-order valence-corrected chi connectivity index (χ4v) is 1.96. The lowest BCUT2D eigenvalue weighted by Gasteiger charge is -2.13. The van der Waals surface area contributed by atoms with Gasteiger partial charge in [0.25, 0.3) is 0 Å². The van der Waals surface area contributed by atoms with Crippen molar-refractivity contribution in [3.63, 3.8) is 0 Å². The fraction of sp³-hybridized carbons (Fsp3) is 0.250. The molecule has 1 aromatic carbocycles. The third-order valence-electron chi connectivity index (χ3n) is 3.18. The molecule has 0 bridgehead atoms. The predicted molar refractivity (Wildman–Crippen MR) is 82.0 cm³/mol. The van der Waals surface area contributed by atoms with Gasteiger partial charge in [-0.25, -0.2) is 4.79 Å². The Balaban J connectivity index is 2.20. The zero-order valence-electron chi connectivity index (χ0n) is 13.2. The van der Waals surface area contributed by atoms with Gasteiger partial charge in [0.15, 0.2) is 5.92 Å². The number of nitrogens with zero attached hydrogens (tertiary/aromatic N) is 2. The second kappa shape index (κ2) is 7.91. The molecule has 1 heterocycles. The second-order valence-electron chi connectivity index (χ2n) is 4.70. The van der Waals surface area contributed by atoms with Crippen molar-refractivity contribution in [2.24, 2.45) is 0 Å². The van der Waals surface area contributed by atoms with Gasteiger partial charge in [0.2, 0.25) is 0 Å². The van der Waals surface area contributed by atoms with Gasteiger partial charge in [-0.3, -0.25) is 9.59 Å². The van der Waals surface area contributed by atoms with Crippen molar-refractivity contribution in [2.75, 3.05) is 14.2 Å². The quantitative estimate of drug-likeness (QED) is 0.554. The lowest BCUT2D eigenvalue weighted by atomic mass is 10.1. The number of benzene rings is 1. The molecule has 0 amide bonds. The monoisotopic (exact) mass is 332 g/mol. The molecule has 0 saturated carbocycles. The summed E-state index contributed by atoms with van der Waals surface area (Å²) in [4.78, 5) is 44.5. The van der Waals surface area contributed by atoms with Crippen LogP contribution in [0.2, 0.25) is 0 Å². The van der Waals surface area contributed by atoms with Crippen LogP contribution in [0.1, 0.15) is 17.2 Å². The maximum Gasteiger partial charge on any atom is 0.380 e. The highest BCUT2D eigenvalue weighted by molar-refractivity contribution is 6.00. The highest BCUT2D eigenvalue weighted by Gasteiger charge is 2.32. The highest BCUT2D eigenvalue weighted by atomic mass is 16.7. The number of rotatable bonds is 6. The Morgan fingerprint density at radius 2 is 1.71 bits per heavy atom. The number of hydrogen-bond acceptors (Lipinski definition) is 7. The standard InChI is InChI=1S/C16H16N2O6/c1-22-14(19)13(15(20)23-2)12-8-9-18(16(21)17-12)24-10-11-6-4-3-5-7-11/h3-9,13H,10H2,1-2H3. The molecule has 0 unspecified atom stereocenters. The summed E-state index contributed by atoms with van der Waals surface area (Å²) >= 11 is 0. The summed E-state index contributed by atoms with van der Waals surface area (Å²) in [5, 5.41) is 0. The molecule has 126 valence electrons. The molecule has 0 aliphatic heterocycles. The summed E-state index contributed by atoms with van der Waals surface area (Å²) in [6, 6.07) is 10.6. The number of carbonyl (C=O) groups is 2. The first-order valence-corrected chi connectivity index (χ1v) is 6.99. The molecular weight excluding hydrogens is 316 g/mol. The summed E-state index contributed by atoms with van der Waals surface area (Å²) in [7, 11) is 2.25. The van der Waals surface area contributed by atoms with Crippen LogP contribution >= 0.6 is 0 Å². The first-order valence-electron chi connectivity index (χ1n) is 6.99. The van der Waals surface area contributed by atoms with Crippen molar-refractivity contribution >= 4 is 11.9 Å². The minimum atomic E-state index is -1.42. The van der Waals surface area contributed by atoms with E-state index in [1.54, 1.807) is 0 Å². The molecule has 2 rings (SSSR count). The van der Waals surface area contributed by atoms with Crippen LogP contribution in [-0.2, 0) is 25.7 Å². The summed E-state index contributed by atoms with van der Waals surface area (Å²) in [5.74, 6) is -3.15. The minimum absolute atomic E-state index is 0.0711. The van der Waals surface area contributed by atoms with E-state index in [0.29, 0.717) is 0 Å². The van der Waals surface area contributed by atoms with Crippen LogP contribution in [0.15, 0.2) is 47.4 Å². The molecule has 2 aromatic rings. The predicted octanol–water partition coefficient (Wildman–Crippen LogP) is 0.302. The molecule has 0 radical (unpaired) electrons. The molecule has 24 heavy (non-hydrogen) atoms. The topological polar surface area (TPSA) is 96.7 Å². The van der Waals surface area contributed by atoms with E-state index in [1.165, 1.54) is 12.3 Å². The normalized spacial score (nSPS) is 10.3. The van der Waals surface area contributed by atoms with Crippen LogP contribution in [0.5, 0.6) is 0 Å². The van der Waals surface area contributed by atoms with E-state index in [4.69, 9.17) is 4.84 Å². The van der Waals surface area contributed by atoms with Crippen molar-refractivity contribution in [1.29, 1.82) is 0 Å². The van der Waals surface area contributed by atoms with Gasteiger partial charge in [-0.15, -0.1) is 4.73 Å². The van der Waals surface area contributed by atoms with Gasteiger partial charge in [0.05, 0.1) is 26.1 Å². The Labute approximate surface area is 137 Å². The first kappa shape index (κ1) is 17.2. The van der Waals surface area contributed by atoms with E-state index in [9.17, 15) is 14.4 Å². The minimum Gasteiger partial charge on any atom is -0.468 e. The van der Waals surface area contributed by atoms with Gasteiger partial charge in [0, 0.05) is 0 Å². The average Bonchev–Trinajstić information content (AvgIpc) is 2.61. The first-order chi connectivity index (χ1) is 11.6. The summed E-state index contributed by atoms with van der Waals surface area (Å²) in [5.41, 5.74) is 0.0370. The number of esters is 2. The van der Waals surface area contributed by atoms with E-state index in [1.807, 2.05) is 30.3 Å². The van der Waals surface area contributed by atoms with E-state index in [-0.39, 0.29) is 12.3 Å². The Kier molecular flexibility index (Phi) is 5.67. The third kappa shape index (κ3) is 3.97. The van der Waals surface area contributed by atoms with Crippen molar-refractivity contribution in [3.05, 3.63) is 64.3 Å². The van der Waals surface area contributed by atoms with Gasteiger partial charge in [-0.1, -0.05) is 30.3 Å². The average molecular weight is 332 g/mol. The number of ether oxygens (including phenoxy) is 2. The maximum atomic E-state index is 12.0. The summed E-state index contributed by atoms with van der Waals surface area (Å²) in [6.45, 7) is 0.166. The van der Waals surface area contributed by atoms with Crippen molar-refractivity contribution in [2.45, 2.75) is 12.5 Å². The van der Waals surface area contributed by atoms with Gasteiger partial charge < -0.3 is 14.3 Å². The van der Waals surface area contributed by atoms with Crippen LogP contribution in [0.4, 0.5) is 0 Å². The van der Waals surface area contributed by atoms with Gasteiger partial charge in [0.1, 0.15) is 6.61 Å². The molecule has 8 nitrogen and oxygen atoms in total. The molecule has 0 fully saturated rings. The van der Waals surface area contributed by atoms with Gasteiger partial charge >= 0.3 is 17.6 Å². The molecule has 0 aliphatic carbocycles. The molecule has 0 spiro atoms. The lowest BCUT2D eigenvalue weighted by Crippen LogP contribution is -2.32. The zero-order valence-corrected chi connectivity index (χ0v) is 13.2. The van der Waals surface area contributed by atoms with Crippen LogP contribution < -0.4 is 10.5 Å². The number of aromatic nitrogens is 2. The molecule has 1 aromatic heterocycles. The van der Waals surface area contributed by atoms with Crippen LogP contribution in [0.3, 0.4) is 0 Å². The van der Waals surface area contributed by atoms with Crippen molar-refractivity contribution in [3.8, 4) is 0 Å². The Morgan fingerprint density at radius 3 is 2.25 bits per heavy atom. The van der Waals surface area contributed by atoms with Crippen LogP contribution in [-0.4, -0.2) is 35.9 Å². The Morgan fingerprint density at radius 1 is 1.08 bits per heavy atom. The number of carbonyl (C=O) groups excluding carboxylic acids is 2. The second-order valence-corrected chi connectivity index (χ2v) is 4.70. The van der Waals surface area contributed by atoms with Crippen LogP contribution in [0, 0.1) is 0 Å². The summed E-state index contributed by atoms with van der Waals surface area (Å²) in [6.07, 6.45) is 1.28. The maximum absolute atomic E-state index is 12.0. The third-order valence-corrected chi connectivity index (χ3v) is 3.18. The van der Waals surface area contributed by atoms with E-state index in [2.05, 4.69) is 14.5 Å². The fourth-order valence-electron chi connectivity index (χ4n) is 1.96. The van der Waals surface area contributed by atoms with Gasteiger partial charge in [-0.2, -0.15) is 4.98 Å². The largest absolute Gasteiger partial charge is 0.468 e. The van der Waals surface area contributed by atoms with E-state index >= 15 is 0 Å². The molecule has 0 N–H and O–H groups in total. The lowest BCUT2D eigenvalue weighted by molar-refractivity contribution is -0.154. The Hall–Kier alpha value is -3.16. The van der Waals surface area contributed by atoms with Crippen molar-refractivity contribution in [1.82, 2.24) is 9.71 Å². The SMILES string of the molecule is COC(=O)C(C(=O)OC)c1ccn(OCc2ccccc2)c(=O)n1.